The molecule has 19 heavy (non-hydrogen) atoms. The number of ether oxygens (including phenoxy) is 1. The van der Waals surface area contributed by atoms with E-state index in [1.54, 1.807) is 6.92 Å². The van der Waals surface area contributed by atoms with E-state index in [1.807, 2.05) is 6.92 Å². The van der Waals surface area contributed by atoms with E-state index >= 15 is 0 Å². The standard InChI is InChI=1S/C11H18ClN3O3S/c1-3-9-7-18-5-4-15(9)19(16,17)11-8(2)13-14-10(11)6-12/h9H,3-7H2,1-2H3,(H,13,14). The molecule has 0 bridgehead atoms. The summed E-state index contributed by atoms with van der Waals surface area (Å²) in [5.41, 5.74) is 0.900. The lowest BCUT2D eigenvalue weighted by molar-refractivity contribution is 0.0314. The van der Waals surface area contributed by atoms with E-state index in [4.69, 9.17) is 16.3 Å². The highest BCUT2D eigenvalue weighted by Gasteiger charge is 2.36. The van der Waals surface area contributed by atoms with Crippen molar-refractivity contribution in [3.63, 3.8) is 0 Å². The maximum absolute atomic E-state index is 12.8. The molecular formula is C11H18ClN3O3S. The molecule has 1 N–H and O–H groups in total. The van der Waals surface area contributed by atoms with Crippen molar-refractivity contribution in [2.45, 2.75) is 37.1 Å². The highest BCUT2D eigenvalue weighted by atomic mass is 35.5. The van der Waals surface area contributed by atoms with Gasteiger partial charge in [0, 0.05) is 12.6 Å². The second-order valence-corrected chi connectivity index (χ2v) is 6.61. The van der Waals surface area contributed by atoms with Crippen molar-refractivity contribution in [3.8, 4) is 0 Å². The third-order valence-electron chi connectivity index (χ3n) is 3.30. The molecule has 0 aromatic carbocycles. The molecule has 1 aromatic rings. The summed E-state index contributed by atoms with van der Waals surface area (Å²) in [6.07, 6.45) is 0.715. The fourth-order valence-corrected chi connectivity index (χ4v) is 4.57. The van der Waals surface area contributed by atoms with E-state index < -0.39 is 10.0 Å². The van der Waals surface area contributed by atoms with Crippen molar-refractivity contribution in [2.24, 2.45) is 0 Å². The number of nitrogens with zero attached hydrogens (tertiary/aromatic N) is 2. The molecule has 0 amide bonds. The van der Waals surface area contributed by atoms with Crippen LogP contribution >= 0.6 is 11.6 Å². The summed E-state index contributed by atoms with van der Waals surface area (Å²) in [5, 5.41) is 6.65. The Morgan fingerprint density at radius 3 is 2.95 bits per heavy atom. The number of H-pyrrole nitrogens is 1. The molecule has 1 atom stereocenters. The van der Waals surface area contributed by atoms with Crippen LogP contribution in [0.3, 0.4) is 0 Å². The van der Waals surface area contributed by atoms with Gasteiger partial charge < -0.3 is 4.74 Å². The minimum atomic E-state index is -3.58. The lowest BCUT2D eigenvalue weighted by Gasteiger charge is -2.34. The molecule has 2 rings (SSSR count). The van der Waals surface area contributed by atoms with Crippen LogP contribution in [-0.4, -0.2) is 48.7 Å². The van der Waals surface area contributed by atoms with Gasteiger partial charge in [-0.15, -0.1) is 11.6 Å². The Morgan fingerprint density at radius 2 is 2.32 bits per heavy atom. The van der Waals surface area contributed by atoms with Crippen LogP contribution in [-0.2, 0) is 20.6 Å². The van der Waals surface area contributed by atoms with Crippen LogP contribution in [0.4, 0.5) is 0 Å². The number of halogens is 1. The second kappa shape index (κ2) is 5.78. The molecule has 1 saturated heterocycles. The molecule has 1 unspecified atom stereocenters. The smallest absolute Gasteiger partial charge is 0.247 e. The van der Waals surface area contributed by atoms with Gasteiger partial charge in [0.1, 0.15) is 4.90 Å². The lowest BCUT2D eigenvalue weighted by atomic mass is 10.2. The summed E-state index contributed by atoms with van der Waals surface area (Å²) < 4.78 is 32.4. The third kappa shape index (κ3) is 2.65. The van der Waals surface area contributed by atoms with Gasteiger partial charge in [-0.25, -0.2) is 8.42 Å². The maximum atomic E-state index is 12.8. The maximum Gasteiger partial charge on any atom is 0.247 e. The molecule has 0 aliphatic carbocycles. The number of hydrogen-bond acceptors (Lipinski definition) is 4. The van der Waals surface area contributed by atoms with E-state index in [0.29, 0.717) is 37.6 Å². The first kappa shape index (κ1) is 14.8. The summed E-state index contributed by atoms with van der Waals surface area (Å²) in [4.78, 5) is 0.211. The van der Waals surface area contributed by atoms with Crippen molar-refractivity contribution in [3.05, 3.63) is 11.4 Å². The van der Waals surface area contributed by atoms with Crippen molar-refractivity contribution in [2.75, 3.05) is 19.8 Å². The van der Waals surface area contributed by atoms with Gasteiger partial charge in [-0.05, 0) is 13.3 Å². The van der Waals surface area contributed by atoms with Crippen molar-refractivity contribution >= 4 is 21.6 Å². The van der Waals surface area contributed by atoms with E-state index in [1.165, 1.54) is 4.31 Å². The molecule has 108 valence electrons. The average Bonchev–Trinajstić information content (AvgIpc) is 2.80. The molecule has 2 heterocycles. The normalized spacial score (nSPS) is 21.7. The van der Waals surface area contributed by atoms with Crippen molar-refractivity contribution < 1.29 is 13.2 Å². The van der Waals surface area contributed by atoms with E-state index in [9.17, 15) is 8.42 Å². The summed E-state index contributed by atoms with van der Waals surface area (Å²) in [6.45, 7) is 4.86. The Hall–Kier alpha value is -0.630. The molecule has 8 heteroatoms. The summed E-state index contributed by atoms with van der Waals surface area (Å²) in [7, 11) is -3.58. The van der Waals surface area contributed by atoms with Crippen LogP contribution < -0.4 is 0 Å². The van der Waals surface area contributed by atoms with Gasteiger partial charge in [0.25, 0.3) is 0 Å². The van der Waals surface area contributed by atoms with Crippen LogP contribution in [0.1, 0.15) is 24.7 Å². The highest BCUT2D eigenvalue weighted by Crippen LogP contribution is 2.26. The first-order valence-electron chi connectivity index (χ1n) is 6.21. The number of aryl methyl sites for hydroxylation is 1. The molecule has 1 aliphatic heterocycles. The zero-order chi connectivity index (χ0) is 14.0. The Morgan fingerprint density at radius 1 is 1.58 bits per heavy atom. The van der Waals surface area contributed by atoms with Crippen LogP contribution in [0, 0.1) is 6.92 Å². The molecule has 1 aromatic heterocycles. The summed E-state index contributed by atoms with van der Waals surface area (Å²) in [5.74, 6) is 0.0695. The van der Waals surface area contributed by atoms with Crippen LogP contribution in [0.15, 0.2) is 4.90 Å². The Labute approximate surface area is 118 Å². The van der Waals surface area contributed by atoms with Crippen LogP contribution in [0.2, 0.25) is 0 Å². The lowest BCUT2D eigenvalue weighted by Crippen LogP contribution is -2.48. The summed E-state index contributed by atoms with van der Waals surface area (Å²) >= 11 is 5.77. The number of rotatable bonds is 4. The zero-order valence-corrected chi connectivity index (χ0v) is 12.6. The van der Waals surface area contributed by atoms with Crippen LogP contribution in [0.25, 0.3) is 0 Å². The number of nitrogens with one attached hydrogen (secondary N) is 1. The van der Waals surface area contributed by atoms with E-state index in [2.05, 4.69) is 10.2 Å². The van der Waals surface area contributed by atoms with E-state index in [0.717, 1.165) is 0 Å². The number of morpholine rings is 1. The number of sulfonamides is 1. The SMILES string of the molecule is CCC1COCCN1S(=O)(=O)c1c(CCl)n[nH]c1C. The molecular weight excluding hydrogens is 290 g/mol. The van der Waals surface area contributed by atoms with Gasteiger partial charge in [-0.3, -0.25) is 5.10 Å². The predicted molar refractivity (Wildman–Crippen MR) is 71.7 cm³/mol. The van der Waals surface area contributed by atoms with Gasteiger partial charge in [0.15, 0.2) is 0 Å². The summed E-state index contributed by atoms with van der Waals surface area (Å²) in [6, 6.07) is -0.128. The average molecular weight is 308 g/mol. The topological polar surface area (TPSA) is 75.3 Å². The largest absolute Gasteiger partial charge is 0.378 e. The number of hydrogen-bond donors (Lipinski definition) is 1. The first-order valence-corrected chi connectivity index (χ1v) is 8.19. The third-order valence-corrected chi connectivity index (χ3v) is 5.71. The molecule has 0 spiro atoms. The fraction of sp³-hybridized carbons (Fsp3) is 0.727. The number of aromatic nitrogens is 2. The molecule has 1 fully saturated rings. The highest BCUT2D eigenvalue weighted by molar-refractivity contribution is 7.89. The number of aromatic amines is 1. The molecule has 0 saturated carbocycles. The molecule has 0 radical (unpaired) electrons. The van der Waals surface area contributed by atoms with E-state index in [-0.39, 0.29) is 16.8 Å². The van der Waals surface area contributed by atoms with Gasteiger partial charge in [-0.2, -0.15) is 9.40 Å². The minimum absolute atomic E-state index is 0.0695. The number of alkyl halides is 1. The quantitative estimate of drug-likeness (QED) is 0.850. The monoisotopic (exact) mass is 307 g/mol. The first-order chi connectivity index (χ1) is 9.02. The van der Waals surface area contributed by atoms with Gasteiger partial charge in [0.2, 0.25) is 10.0 Å². The van der Waals surface area contributed by atoms with Gasteiger partial charge in [-0.1, -0.05) is 6.92 Å². The second-order valence-electron chi connectivity index (χ2n) is 4.51. The van der Waals surface area contributed by atoms with Crippen molar-refractivity contribution in [1.29, 1.82) is 0 Å². The molecule has 6 nitrogen and oxygen atoms in total. The van der Waals surface area contributed by atoms with Crippen molar-refractivity contribution in [1.82, 2.24) is 14.5 Å². The minimum Gasteiger partial charge on any atom is -0.378 e. The fourth-order valence-electron chi connectivity index (χ4n) is 2.30. The van der Waals surface area contributed by atoms with Crippen LogP contribution in [0.5, 0.6) is 0 Å². The predicted octanol–water partition coefficient (Wildman–Crippen LogP) is 1.26. The van der Waals surface area contributed by atoms with Gasteiger partial charge >= 0.3 is 0 Å². The zero-order valence-electron chi connectivity index (χ0n) is 11.0. The van der Waals surface area contributed by atoms with Gasteiger partial charge in [0.05, 0.1) is 30.5 Å². The molecule has 1 aliphatic rings. The Kier molecular flexibility index (Phi) is 4.50. The Balaban J connectivity index is 2.43. The Bertz CT molecular complexity index is 543.